The minimum absolute atomic E-state index is 0.141. The molecule has 0 saturated carbocycles. The normalized spacial score (nSPS) is 13.3. The van der Waals surface area contributed by atoms with E-state index in [1.54, 1.807) is 11.9 Å². The summed E-state index contributed by atoms with van der Waals surface area (Å²) in [4.78, 5) is 9.68. The van der Waals surface area contributed by atoms with Crippen LogP contribution in [0.5, 0.6) is 0 Å². The van der Waals surface area contributed by atoms with Gasteiger partial charge in [0.2, 0.25) is 6.19 Å². The Kier molecular flexibility index (Phi) is 6.78. The van der Waals surface area contributed by atoms with Crippen molar-refractivity contribution in [1.82, 2.24) is 9.79 Å². The standard InChI is InChI=1S/C9H20N3O2P/c1-6-14-15(13)11(7-10)12(8(2)3)9(4)5/h8-9,13H,6H2,1-5H3. The summed E-state index contributed by atoms with van der Waals surface area (Å²) in [5, 5.41) is 10.8. The summed E-state index contributed by atoms with van der Waals surface area (Å²) in [5.74, 6) is 0. The van der Waals surface area contributed by atoms with Crippen LogP contribution in [0.3, 0.4) is 0 Å². The van der Waals surface area contributed by atoms with Crippen LogP contribution in [0.25, 0.3) is 0 Å². The monoisotopic (exact) mass is 233 g/mol. The molecule has 0 fully saturated rings. The van der Waals surface area contributed by atoms with E-state index in [4.69, 9.17) is 9.79 Å². The lowest BCUT2D eigenvalue weighted by Crippen LogP contribution is -2.45. The van der Waals surface area contributed by atoms with Crippen LogP contribution in [0.1, 0.15) is 34.6 Å². The number of hydrogen-bond acceptors (Lipinski definition) is 5. The fourth-order valence-electron chi connectivity index (χ4n) is 1.38. The molecular weight excluding hydrogens is 213 g/mol. The lowest BCUT2D eigenvalue weighted by atomic mass is 10.3. The van der Waals surface area contributed by atoms with Crippen LogP contribution in [0.2, 0.25) is 0 Å². The molecule has 88 valence electrons. The zero-order valence-corrected chi connectivity index (χ0v) is 10.9. The molecule has 0 saturated heterocycles. The Labute approximate surface area is 93.2 Å². The molecule has 0 aromatic rings. The van der Waals surface area contributed by atoms with Crippen molar-refractivity contribution in [1.29, 1.82) is 5.26 Å². The van der Waals surface area contributed by atoms with Gasteiger partial charge in [-0.25, -0.2) is 0 Å². The van der Waals surface area contributed by atoms with Gasteiger partial charge in [-0.15, -0.1) is 0 Å². The highest BCUT2D eigenvalue weighted by atomic mass is 31.2. The fraction of sp³-hybridized carbons (Fsp3) is 0.889. The minimum Gasteiger partial charge on any atom is -0.332 e. The first-order valence-corrected chi connectivity index (χ1v) is 6.22. The fourth-order valence-corrected chi connectivity index (χ4v) is 2.39. The second-order valence-corrected chi connectivity index (χ2v) is 4.77. The molecular formula is C9H20N3O2P. The maximum Gasteiger partial charge on any atom is 0.312 e. The highest BCUT2D eigenvalue weighted by Gasteiger charge is 2.27. The summed E-state index contributed by atoms with van der Waals surface area (Å²) >= 11 is 0. The molecule has 1 N–H and O–H groups in total. The third kappa shape index (κ3) is 4.31. The molecule has 1 atom stereocenters. The van der Waals surface area contributed by atoms with Crippen molar-refractivity contribution in [3.8, 4) is 6.19 Å². The number of hydrazine groups is 1. The Morgan fingerprint density at radius 1 is 1.33 bits per heavy atom. The molecule has 0 heterocycles. The molecule has 0 radical (unpaired) electrons. The number of nitriles is 1. The van der Waals surface area contributed by atoms with Crippen LogP contribution in [-0.4, -0.2) is 33.4 Å². The topological polar surface area (TPSA) is 59.7 Å². The molecule has 0 bridgehead atoms. The van der Waals surface area contributed by atoms with Gasteiger partial charge in [-0.1, -0.05) is 0 Å². The van der Waals surface area contributed by atoms with Gasteiger partial charge in [-0.3, -0.25) is 0 Å². The Morgan fingerprint density at radius 3 is 2.07 bits per heavy atom. The predicted octanol–water partition coefficient (Wildman–Crippen LogP) is 2.06. The van der Waals surface area contributed by atoms with Gasteiger partial charge in [0.15, 0.2) is 0 Å². The van der Waals surface area contributed by atoms with Crippen molar-refractivity contribution in [3.63, 3.8) is 0 Å². The minimum atomic E-state index is -1.85. The van der Waals surface area contributed by atoms with Crippen LogP contribution >= 0.6 is 8.53 Å². The largest absolute Gasteiger partial charge is 0.332 e. The molecule has 1 unspecified atom stereocenters. The number of rotatable bonds is 6. The molecule has 0 rings (SSSR count). The first kappa shape index (κ1) is 14.6. The van der Waals surface area contributed by atoms with Crippen molar-refractivity contribution >= 4 is 8.53 Å². The third-order valence-corrected chi connectivity index (χ3v) is 2.88. The zero-order chi connectivity index (χ0) is 12.0. The van der Waals surface area contributed by atoms with Gasteiger partial charge in [0.25, 0.3) is 0 Å². The lowest BCUT2D eigenvalue weighted by Gasteiger charge is -2.37. The molecule has 0 aromatic heterocycles. The number of nitrogens with zero attached hydrogens (tertiary/aromatic N) is 3. The average molecular weight is 233 g/mol. The first-order valence-electron chi connectivity index (χ1n) is 5.05. The average Bonchev–Trinajstić information content (AvgIpc) is 2.12. The molecule has 5 nitrogen and oxygen atoms in total. The van der Waals surface area contributed by atoms with E-state index in [2.05, 4.69) is 0 Å². The Balaban J connectivity index is 4.68. The Morgan fingerprint density at radius 2 is 1.80 bits per heavy atom. The van der Waals surface area contributed by atoms with Crippen LogP contribution in [0, 0.1) is 11.5 Å². The van der Waals surface area contributed by atoms with Crippen molar-refractivity contribution in [2.45, 2.75) is 46.7 Å². The van der Waals surface area contributed by atoms with E-state index < -0.39 is 8.53 Å². The van der Waals surface area contributed by atoms with E-state index in [0.29, 0.717) is 6.61 Å². The summed E-state index contributed by atoms with van der Waals surface area (Å²) in [7, 11) is -1.85. The molecule has 15 heavy (non-hydrogen) atoms. The summed E-state index contributed by atoms with van der Waals surface area (Å²) in [6.45, 7) is 10.1. The van der Waals surface area contributed by atoms with E-state index in [9.17, 15) is 4.89 Å². The molecule has 0 aliphatic heterocycles. The number of hydrogen-bond donors (Lipinski definition) is 1. The highest BCUT2D eigenvalue weighted by molar-refractivity contribution is 7.43. The second kappa shape index (κ2) is 6.97. The van der Waals surface area contributed by atoms with Gasteiger partial charge in [-0.2, -0.15) is 15.1 Å². The van der Waals surface area contributed by atoms with Gasteiger partial charge in [0.05, 0.1) is 6.61 Å². The van der Waals surface area contributed by atoms with E-state index >= 15 is 0 Å². The van der Waals surface area contributed by atoms with E-state index in [1.807, 2.05) is 33.9 Å². The third-order valence-electron chi connectivity index (χ3n) is 1.77. The molecule has 0 aliphatic rings. The van der Waals surface area contributed by atoms with Gasteiger partial charge < -0.3 is 9.42 Å². The van der Waals surface area contributed by atoms with E-state index in [0.717, 1.165) is 0 Å². The summed E-state index contributed by atoms with van der Waals surface area (Å²) in [6, 6.07) is 0.282. The maximum atomic E-state index is 9.68. The van der Waals surface area contributed by atoms with Gasteiger partial charge >= 0.3 is 8.53 Å². The van der Waals surface area contributed by atoms with Crippen LogP contribution in [0.15, 0.2) is 0 Å². The van der Waals surface area contributed by atoms with E-state index in [-0.39, 0.29) is 12.1 Å². The first-order chi connectivity index (χ1) is 6.95. The lowest BCUT2D eigenvalue weighted by molar-refractivity contribution is 0.0216. The van der Waals surface area contributed by atoms with Gasteiger partial charge in [-0.05, 0) is 34.6 Å². The predicted molar refractivity (Wildman–Crippen MR) is 60.3 cm³/mol. The highest BCUT2D eigenvalue weighted by Crippen LogP contribution is 2.38. The summed E-state index contributed by atoms with van der Waals surface area (Å²) in [5.41, 5.74) is 0. The van der Waals surface area contributed by atoms with Gasteiger partial charge in [0.1, 0.15) is 0 Å². The molecule has 6 heteroatoms. The summed E-state index contributed by atoms with van der Waals surface area (Å²) < 4.78 is 6.29. The van der Waals surface area contributed by atoms with Crippen molar-refractivity contribution < 1.29 is 9.42 Å². The van der Waals surface area contributed by atoms with Crippen molar-refractivity contribution in [3.05, 3.63) is 0 Å². The Bertz CT molecular complexity index is 210. The molecule has 0 amide bonds. The van der Waals surface area contributed by atoms with Crippen molar-refractivity contribution in [2.24, 2.45) is 0 Å². The summed E-state index contributed by atoms with van der Waals surface area (Å²) in [6.07, 6.45) is 1.96. The molecule has 0 spiro atoms. The van der Waals surface area contributed by atoms with Crippen LogP contribution < -0.4 is 0 Å². The van der Waals surface area contributed by atoms with Crippen LogP contribution in [0.4, 0.5) is 0 Å². The SMILES string of the molecule is CCOP(O)N(C#N)N(C(C)C)C(C)C. The second-order valence-electron chi connectivity index (χ2n) is 3.63. The van der Waals surface area contributed by atoms with E-state index in [1.165, 1.54) is 4.78 Å². The molecule has 0 aliphatic carbocycles. The quantitative estimate of drug-likeness (QED) is 0.329. The van der Waals surface area contributed by atoms with Crippen molar-refractivity contribution in [2.75, 3.05) is 6.61 Å². The maximum absolute atomic E-state index is 9.68. The smallest absolute Gasteiger partial charge is 0.312 e. The van der Waals surface area contributed by atoms with Gasteiger partial charge in [0, 0.05) is 12.1 Å². The molecule has 0 aromatic carbocycles. The van der Waals surface area contributed by atoms with Crippen LogP contribution in [-0.2, 0) is 4.52 Å². The Hall–Kier alpha value is -0.400. The zero-order valence-electron chi connectivity index (χ0n) is 10.0.